The zero-order chi connectivity index (χ0) is 19.9. The summed E-state index contributed by atoms with van der Waals surface area (Å²) in [5.74, 6) is -0.768. The molecule has 4 rings (SSSR count). The number of amides is 1. The van der Waals surface area contributed by atoms with Crippen LogP contribution in [0, 0.1) is 5.92 Å². The maximum atomic E-state index is 13.2. The molecule has 5 nitrogen and oxygen atoms in total. The van der Waals surface area contributed by atoms with Crippen LogP contribution in [-0.4, -0.2) is 28.3 Å². The van der Waals surface area contributed by atoms with Gasteiger partial charge in [-0.2, -0.15) is 0 Å². The number of para-hydroxylation sites is 2. The minimum Gasteiger partial charge on any atom is -0.375 e. The average molecular weight is 376 g/mol. The molecule has 3 aromatic rings. The number of benzene rings is 2. The number of nitrogens with zero attached hydrogens (tertiary/aromatic N) is 1. The molecule has 0 saturated heterocycles. The van der Waals surface area contributed by atoms with Gasteiger partial charge in [-0.05, 0) is 24.1 Å². The number of nitrogens with one attached hydrogen (secondary N) is 1. The zero-order valence-electron chi connectivity index (χ0n) is 16.1. The molecule has 28 heavy (non-hydrogen) atoms. The molecule has 0 bridgehead atoms. The molecule has 0 radical (unpaired) electrons. The summed E-state index contributed by atoms with van der Waals surface area (Å²) in [5.41, 5.74) is 1.61. The Balaban J connectivity index is 1.63. The number of fused-ring (bicyclic) bond motifs is 2. The first-order valence-corrected chi connectivity index (χ1v) is 9.63. The third-order valence-corrected chi connectivity index (χ3v) is 5.59. The van der Waals surface area contributed by atoms with Gasteiger partial charge in [0, 0.05) is 41.5 Å². The van der Waals surface area contributed by atoms with Crippen molar-refractivity contribution in [1.82, 2.24) is 4.98 Å². The van der Waals surface area contributed by atoms with Gasteiger partial charge < -0.3 is 15.0 Å². The average Bonchev–Trinajstić information content (AvgIpc) is 3.19. The van der Waals surface area contributed by atoms with Crippen LogP contribution in [0.5, 0.6) is 0 Å². The lowest BCUT2D eigenvalue weighted by Crippen LogP contribution is -2.43. The van der Waals surface area contributed by atoms with Gasteiger partial charge in [-0.3, -0.25) is 9.59 Å². The van der Waals surface area contributed by atoms with Crippen molar-refractivity contribution in [3.05, 3.63) is 65.9 Å². The van der Waals surface area contributed by atoms with Crippen LogP contribution in [0.25, 0.3) is 10.9 Å². The van der Waals surface area contributed by atoms with E-state index in [1.807, 2.05) is 36.5 Å². The monoisotopic (exact) mass is 376 g/mol. The number of aromatic amines is 1. The molecule has 5 heteroatoms. The molecule has 0 fully saturated rings. The van der Waals surface area contributed by atoms with E-state index in [4.69, 9.17) is 0 Å². The highest BCUT2D eigenvalue weighted by Crippen LogP contribution is 2.42. The van der Waals surface area contributed by atoms with Gasteiger partial charge >= 0.3 is 0 Å². The predicted molar refractivity (Wildman–Crippen MR) is 109 cm³/mol. The van der Waals surface area contributed by atoms with E-state index in [0.29, 0.717) is 24.2 Å². The number of Topliss-reactive ketones (excluding diaryl/α,β-unsaturated/α-hetero) is 1. The Kier molecular flexibility index (Phi) is 4.55. The number of anilines is 1. The van der Waals surface area contributed by atoms with Crippen molar-refractivity contribution < 1.29 is 14.7 Å². The highest BCUT2D eigenvalue weighted by atomic mass is 16.3. The van der Waals surface area contributed by atoms with Gasteiger partial charge in [0.1, 0.15) is 5.78 Å². The lowest BCUT2D eigenvalue weighted by atomic mass is 9.87. The molecule has 1 amide bonds. The second kappa shape index (κ2) is 6.91. The maximum Gasteiger partial charge on any atom is 0.264 e. The quantitative estimate of drug-likeness (QED) is 0.691. The standard InChI is InChI=1S/C23H24N2O3/c1-15(2)21(26)13-23(28)18-8-4-6-10-20(18)25(22(23)27)12-11-16-14-24-19-9-5-3-7-17(16)19/h3-10,14-15,24,28H,11-13H2,1-2H3/t23-/m1/s1. The molecule has 2 heterocycles. The number of aromatic nitrogens is 1. The van der Waals surface area contributed by atoms with Gasteiger partial charge in [0.05, 0.1) is 5.69 Å². The smallest absolute Gasteiger partial charge is 0.264 e. The summed E-state index contributed by atoms with van der Waals surface area (Å²) >= 11 is 0. The lowest BCUT2D eigenvalue weighted by Gasteiger charge is -2.23. The number of ketones is 1. The molecule has 0 aliphatic carbocycles. The van der Waals surface area contributed by atoms with E-state index in [1.54, 1.807) is 30.9 Å². The first kappa shape index (κ1) is 18.4. The van der Waals surface area contributed by atoms with Crippen LogP contribution in [0.3, 0.4) is 0 Å². The third-order valence-electron chi connectivity index (χ3n) is 5.59. The second-order valence-electron chi connectivity index (χ2n) is 7.74. The first-order valence-electron chi connectivity index (χ1n) is 9.63. The molecule has 2 N–H and O–H groups in total. The van der Waals surface area contributed by atoms with Gasteiger partial charge in [-0.15, -0.1) is 0 Å². The minimum absolute atomic E-state index is 0.121. The van der Waals surface area contributed by atoms with Crippen molar-refractivity contribution in [3.63, 3.8) is 0 Å². The van der Waals surface area contributed by atoms with Crippen LogP contribution < -0.4 is 4.90 Å². The highest BCUT2D eigenvalue weighted by Gasteiger charge is 2.50. The van der Waals surface area contributed by atoms with Crippen LogP contribution in [0.4, 0.5) is 5.69 Å². The Morgan fingerprint density at radius 1 is 1.14 bits per heavy atom. The fraction of sp³-hybridized carbons (Fsp3) is 0.304. The Labute approximate surface area is 164 Å². The van der Waals surface area contributed by atoms with E-state index in [2.05, 4.69) is 11.1 Å². The van der Waals surface area contributed by atoms with E-state index < -0.39 is 11.5 Å². The topological polar surface area (TPSA) is 73.4 Å². The molecule has 1 aliphatic heterocycles. The molecule has 2 aromatic carbocycles. The molecule has 0 unspecified atom stereocenters. The van der Waals surface area contributed by atoms with Crippen molar-refractivity contribution in [2.75, 3.05) is 11.4 Å². The maximum absolute atomic E-state index is 13.2. The molecular formula is C23H24N2O3. The van der Waals surface area contributed by atoms with Gasteiger partial charge in [-0.1, -0.05) is 50.2 Å². The number of hydrogen-bond acceptors (Lipinski definition) is 3. The molecule has 1 aromatic heterocycles. The van der Waals surface area contributed by atoms with Crippen LogP contribution in [0.15, 0.2) is 54.7 Å². The fourth-order valence-electron chi connectivity index (χ4n) is 3.93. The molecule has 0 saturated carbocycles. The molecule has 0 spiro atoms. The van der Waals surface area contributed by atoms with Crippen molar-refractivity contribution in [3.8, 4) is 0 Å². The van der Waals surface area contributed by atoms with Gasteiger partial charge in [0.15, 0.2) is 5.60 Å². The Morgan fingerprint density at radius 3 is 2.64 bits per heavy atom. The summed E-state index contributed by atoms with van der Waals surface area (Å²) in [6.07, 6.45) is 2.42. The zero-order valence-corrected chi connectivity index (χ0v) is 16.1. The highest BCUT2D eigenvalue weighted by molar-refractivity contribution is 6.09. The van der Waals surface area contributed by atoms with E-state index in [9.17, 15) is 14.7 Å². The Bertz CT molecular complexity index is 1050. The Morgan fingerprint density at radius 2 is 1.86 bits per heavy atom. The lowest BCUT2D eigenvalue weighted by molar-refractivity contribution is -0.142. The summed E-state index contributed by atoms with van der Waals surface area (Å²) in [5, 5.41) is 12.3. The SMILES string of the molecule is CC(C)C(=O)C[C@]1(O)C(=O)N(CCc2c[nH]c3ccccc23)c2ccccc21. The van der Waals surface area contributed by atoms with Crippen LogP contribution in [-0.2, 0) is 21.6 Å². The summed E-state index contributed by atoms with van der Waals surface area (Å²) < 4.78 is 0. The number of aliphatic hydroxyl groups is 1. The van der Waals surface area contributed by atoms with Gasteiger partial charge in [-0.25, -0.2) is 0 Å². The number of rotatable bonds is 6. The minimum atomic E-state index is -1.78. The van der Waals surface area contributed by atoms with Crippen LogP contribution >= 0.6 is 0 Å². The summed E-state index contributed by atoms with van der Waals surface area (Å²) in [6, 6.07) is 15.3. The number of carbonyl (C=O) groups is 2. The molecule has 1 aliphatic rings. The van der Waals surface area contributed by atoms with Crippen molar-refractivity contribution in [2.45, 2.75) is 32.3 Å². The van der Waals surface area contributed by atoms with Crippen molar-refractivity contribution >= 4 is 28.3 Å². The molecular weight excluding hydrogens is 352 g/mol. The van der Waals surface area contributed by atoms with E-state index in [1.165, 1.54) is 0 Å². The van der Waals surface area contributed by atoms with Crippen molar-refractivity contribution in [1.29, 1.82) is 0 Å². The van der Waals surface area contributed by atoms with Crippen molar-refractivity contribution in [2.24, 2.45) is 5.92 Å². The largest absolute Gasteiger partial charge is 0.375 e. The fourth-order valence-corrected chi connectivity index (χ4v) is 3.93. The van der Waals surface area contributed by atoms with Gasteiger partial charge in [0.2, 0.25) is 0 Å². The van der Waals surface area contributed by atoms with E-state index in [-0.39, 0.29) is 18.1 Å². The number of carbonyl (C=O) groups excluding carboxylic acids is 2. The molecule has 144 valence electrons. The summed E-state index contributed by atoms with van der Waals surface area (Å²) in [6.45, 7) is 4.01. The van der Waals surface area contributed by atoms with Crippen LogP contribution in [0.1, 0.15) is 31.4 Å². The first-order chi connectivity index (χ1) is 13.4. The molecule has 1 atom stereocenters. The normalized spacial score (nSPS) is 18.9. The number of hydrogen-bond donors (Lipinski definition) is 2. The predicted octanol–water partition coefficient (Wildman–Crippen LogP) is 3.56. The third kappa shape index (κ3) is 2.92. The summed E-state index contributed by atoms with van der Waals surface area (Å²) in [4.78, 5) is 30.4. The van der Waals surface area contributed by atoms with E-state index >= 15 is 0 Å². The Hall–Kier alpha value is -2.92. The summed E-state index contributed by atoms with van der Waals surface area (Å²) in [7, 11) is 0. The van der Waals surface area contributed by atoms with Crippen LogP contribution in [0.2, 0.25) is 0 Å². The second-order valence-corrected chi connectivity index (χ2v) is 7.74. The number of H-pyrrole nitrogens is 1. The van der Waals surface area contributed by atoms with E-state index in [0.717, 1.165) is 16.5 Å². The van der Waals surface area contributed by atoms with Gasteiger partial charge in [0.25, 0.3) is 5.91 Å².